The van der Waals surface area contributed by atoms with E-state index in [2.05, 4.69) is 15.5 Å². The Morgan fingerprint density at radius 1 is 1.04 bits per heavy atom. The van der Waals surface area contributed by atoms with Crippen LogP contribution >= 0.6 is 11.8 Å². The number of anilines is 2. The fourth-order valence-corrected chi connectivity index (χ4v) is 3.80. The van der Waals surface area contributed by atoms with Gasteiger partial charge in [-0.3, -0.25) is 14.5 Å². The molecule has 1 aliphatic rings. The van der Waals surface area contributed by atoms with Crippen LogP contribution in [0.1, 0.15) is 18.4 Å². The van der Waals surface area contributed by atoms with Gasteiger partial charge in [-0.15, -0.1) is 11.8 Å². The SMILES string of the molecule is CSc1cccc(NC(=O)C2CCN(CC(=O)Nc3ccc(C)cc3)CC2)c1. The van der Waals surface area contributed by atoms with Crippen LogP contribution < -0.4 is 10.6 Å². The van der Waals surface area contributed by atoms with Crippen LogP contribution in [-0.2, 0) is 9.59 Å². The van der Waals surface area contributed by atoms with Crippen molar-refractivity contribution in [3.05, 3.63) is 54.1 Å². The van der Waals surface area contributed by atoms with Gasteiger partial charge in [-0.05, 0) is 69.4 Å². The molecule has 2 amide bonds. The molecule has 1 aliphatic heterocycles. The molecular formula is C22H27N3O2S. The summed E-state index contributed by atoms with van der Waals surface area (Å²) in [5.41, 5.74) is 2.83. The summed E-state index contributed by atoms with van der Waals surface area (Å²) in [6.07, 6.45) is 3.56. The minimum absolute atomic E-state index is 0.00524. The van der Waals surface area contributed by atoms with Crippen molar-refractivity contribution in [2.24, 2.45) is 5.92 Å². The van der Waals surface area contributed by atoms with E-state index in [1.54, 1.807) is 11.8 Å². The number of thioether (sulfide) groups is 1. The van der Waals surface area contributed by atoms with Crippen LogP contribution in [0.5, 0.6) is 0 Å². The summed E-state index contributed by atoms with van der Waals surface area (Å²) in [5, 5.41) is 5.96. The van der Waals surface area contributed by atoms with Gasteiger partial charge in [0.15, 0.2) is 0 Å². The van der Waals surface area contributed by atoms with Crippen molar-refractivity contribution in [3.8, 4) is 0 Å². The molecular weight excluding hydrogens is 370 g/mol. The lowest BCUT2D eigenvalue weighted by molar-refractivity contribution is -0.121. The molecule has 0 atom stereocenters. The van der Waals surface area contributed by atoms with Gasteiger partial charge in [-0.2, -0.15) is 0 Å². The Morgan fingerprint density at radius 3 is 2.43 bits per heavy atom. The lowest BCUT2D eigenvalue weighted by atomic mass is 9.96. The van der Waals surface area contributed by atoms with Crippen LogP contribution in [0.3, 0.4) is 0 Å². The van der Waals surface area contributed by atoms with Crippen molar-refractivity contribution < 1.29 is 9.59 Å². The lowest BCUT2D eigenvalue weighted by Gasteiger charge is -2.30. The van der Waals surface area contributed by atoms with Crippen LogP contribution in [0.4, 0.5) is 11.4 Å². The monoisotopic (exact) mass is 397 g/mol. The topological polar surface area (TPSA) is 61.4 Å². The Kier molecular flexibility index (Phi) is 7.12. The minimum Gasteiger partial charge on any atom is -0.326 e. The van der Waals surface area contributed by atoms with Gasteiger partial charge in [0, 0.05) is 22.2 Å². The number of carbonyl (C=O) groups is 2. The number of piperidine rings is 1. The molecule has 0 radical (unpaired) electrons. The smallest absolute Gasteiger partial charge is 0.238 e. The van der Waals surface area contributed by atoms with E-state index in [-0.39, 0.29) is 17.7 Å². The first-order valence-corrected chi connectivity index (χ1v) is 10.8. The normalized spacial score (nSPS) is 15.2. The number of likely N-dealkylation sites (tertiary alicyclic amines) is 1. The van der Waals surface area contributed by atoms with Crippen LogP contribution in [-0.4, -0.2) is 42.6 Å². The molecule has 1 fully saturated rings. The average molecular weight is 398 g/mol. The summed E-state index contributed by atoms with van der Waals surface area (Å²) in [6, 6.07) is 15.7. The van der Waals surface area contributed by atoms with Crippen LogP contribution in [0.25, 0.3) is 0 Å². The Morgan fingerprint density at radius 2 is 1.75 bits per heavy atom. The second kappa shape index (κ2) is 9.75. The van der Waals surface area contributed by atoms with Crippen molar-refractivity contribution >= 4 is 35.0 Å². The quantitative estimate of drug-likeness (QED) is 0.723. The van der Waals surface area contributed by atoms with Gasteiger partial charge in [0.05, 0.1) is 6.54 Å². The molecule has 0 saturated carbocycles. The molecule has 0 aromatic heterocycles. The zero-order valence-corrected chi connectivity index (χ0v) is 17.2. The number of nitrogens with one attached hydrogen (secondary N) is 2. The summed E-state index contributed by atoms with van der Waals surface area (Å²) >= 11 is 1.66. The molecule has 2 N–H and O–H groups in total. The van der Waals surface area contributed by atoms with Crippen LogP contribution in [0.15, 0.2) is 53.4 Å². The fourth-order valence-electron chi connectivity index (χ4n) is 3.34. The van der Waals surface area contributed by atoms with Gasteiger partial charge < -0.3 is 10.6 Å². The van der Waals surface area contributed by atoms with Gasteiger partial charge in [0.2, 0.25) is 11.8 Å². The molecule has 6 heteroatoms. The number of rotatable bonds is 6. The van der Waals surface area contributed by atoms with Crippen LogP contribution in [0, 0.1) is 12.8 Å². The zero-order chi connectivity index (χ0) is 19.9. The highest BCUT2D eigenvalue weighted by atomic mass is 32.2. The summed E-state index contributed by atoms with van der Waals surface area (Å²) in [7, 11) is 0. The standard InChI is InChI=1S/C22H27N3O2S/c1-16-6-8-18(9-7-16)23-21(26)15-25-12-10-17(11-13-25)22(27)24-19-4-3-5-20(14-19)28-2/h3-9,14,17H,10-13,15H2,1-2H3,(H,23,26)(H,24,27). The van der Waals surface area contributed by atoms with Crippen molar-refractivity contribution in [1.82, 2.24) is 4.90 Å². The van der Waals surface area contributed by atoms with Gasteiger partial charge >= 0.3 is 0 Å². The maximum Gasteiger partial charge on any atom is 0.238 e. The molecule has 0 unspecified atom stereocenters. The number of benzene rings is 2. The van der Waals surface area contributed by atoms with E-state index in [9.17, 15) is 9.59 Å². The molecule has 0 aliphatic carbocycles. The van der Waals surface area contributed by atoms with Gasteiger partial charge in [0.1, 0.15) is 0 Å². The number of nitrogens with zero attached hydrogens (tertiary/aromatic N) is 1. The average Bonchev–Trinajstić information content (AvgIpc) is 2.70. The number of hydrogen-bond donors (Lipinski definition) is 2. The van der Waals surface area contributed by atoms with Crippen molar-refractivity contribution in [3.63, 3.8) is 0 Å². The van der Waals surface area contributed by atoms with E-state index in [4.69, 9.17) is 0 Å². The van der Waals surface area contributed by atoms with Crippen molar-refractivity contribution in [2.45, 2.75) is 24.7 Å². The van der Waals surface area contributed by atoms with E-state index in [1.165, 1.54) is 5.56 Å². The Bertz CT molecular complexity index is 815. The van der Waals surface area contributed by atoms with E-state index in [1.807, 2.05) is 61.7 Å². The first-order chi connectivity index (χ1) is 13.5. The third-order valence-corrected chi connectivity index (χ3v) is 5.72. The molecule has 1 heterocycles. The molecule has 5 nitrogen and oxygen atoms in total. The van der Waals surface area contributed by atoms with E-state index in [0.29, 0.717) is 6.54 Å². The molecule has 2 aromatic rings. The van der Waals surface area contributed by atoms with Crippen molar-refractivity contribution in [2.75, 3.05) is 36.5 Å². The molecule has 1 saturated heterocycles. The Labute approximate surface area is 170 Å². The molecule has 148 valence electrons. The highest BCUT2D eigenvalue weighted by molar-refractivity contribution is 7.98. The first kappa shape index (κ1) is 20.4. The molecule has 3 rings (SSSR count). The molecule has 28 heavy (non-hydrogen) atoms. The number of carbonyl (C=O) groups excluding carboxylic acids is 2. The lowest BCUT2D eigenvalue weighted by Crippen LogP contribution is -2.41. The summed E-state index contributed by atoms with van der Waals surface area (Å²) < 4.78 is 0. The van der Waals surface area contributed by atoms with E-state index < -0.39 is 0 Å². The predicted octanol–water partition coefficient (Wildman–Crippen LogP) is 4.01. The minimum atomic E-state index is -0.0133. The molecule has 2 aromatic carbocycles. The maximum absolute atomic E-state index is 12.5. The summed E-state index contributed by atoms with van der Waals surface area (Å²) in [6.45, 7) is 3.89. The fraction of sp³-hybridized carbons (Fsp3) is 0.364. The second-order valence-corrected chi connectivity index (χ2v) is 8.07. The summed E-state index contributed by atoms with van der Waals surface area (Å²) in [5.74, 6) is 0.0528. The third kappa shape index (κ3) is 5.84. The van der Waals surface area contributed by atoms with Gasteiger partial charge in [0.25, 0.3) is 0 Å². The molecule has 0 spiro atoms. The highest BCUT2D eigenvalue weighted by Gasteiger charge is 2.26. The van der Waals surface area contributed by atoms with Crippen molar-refractivity contribution in [1.29, 1.82) is 0 Å². The van der Waals surface area contributed by atoms with Gasteiger partial charge in [-0.25, -0.2) is 0 Å². The Balaban J connectivity index is 1.43. The number of aryl methyl sites for hydroxylation is 1. The summed E-state index contributed by atoms with van der Waals surface area (Å²) in [4.78, 5) is 28.0. The molecule has 0 bridgehead atoms. The maximum atomic E-state index is 12.5. The predicted molar refractivity (Wildman–Crippen MR) is 116 cm³/mol. The largest absolute Gasteiger partial charge is 0.326 e. The highest BCUT2D eigenvalue weighted by Crippen LogP contribution is 2.22. The van der Waals surface area contributed by atoms with E-state index >= 15 is 0 Å². The van der Waals surface area contributed by atoms with E-state index in [0.717, 1.165) is 42.2 Å². The second-order valence-electron chi connectivity index (χ2n) is 7.19. The first-order valence-electron chi connectivity index (χ1n) is 9.57. The third-order valence-electron chi connectivity index (χ3n) is 5.00. The number of hydrogen-bond acceptors (Lipinski definition) is 4. The van der Waals surface area contributed by atoms with Crippen LogP contribution in [0.2, 0.25) is 0 Å². The van der Waals surface area contributed by atoms with Gasteiger partial charge in [-0.1, -0.05) is 23.8 Å². The Hall–Kier alpha value is -2.31. The number of amides is 2. The zero-order valence-electron chi connectivity index (χ0n) is 16.4.